The van der Waals surface area contributed by atoms with Crippen molar-refractivity contribution in [2.45, 2.75) is 94.8 Å². The molecular formula is C30H39N5O5. The molecule has 4 atom stereocenters. The van der Waals surface area contributed by atoms with Crippen molar-refractivity contribution in [3.8, 4) is 0 Å². The zero-order valence-electron chi connectivity index (χ0n) is 23.1. The first kappa shape index (κ1) is 26.9. The van der Waals surface area contributed by atoms with Gasteiger partial charge in [-0.1, -0.05) is 43.0 Å². The molecule has 1 aromatic heterocycles. The number of carbonyl (C=O) groups is 2. The van der Waals surface area contributed by atoms with E-state index in [1.54, 1.807) is 10.6 Å². The Morgan fingerprint density at radius 1 is 0.975 bits per heavy atom. The van der Waals surface area contributed by atoms with Crippen LogP contribution in [0.15, 0.2) is 34.2 Å². The number of aromatic nitrogens is 2. The number of rotatable bonds is 7. The van der Waals surface area contributed by atoms with Gasteiger partial charge in [-0.05, 0) is 68.9 Å². The van der Waals surface area contributed by atoms with E-state index in [1.807, 2.05) is 18.2 Å². The van der Waals surface area contributed by atoms with Crippen molar-refractivity contribution in [1.29, 1.82) is 0 Å². The third kappa shape index (κ3) is 5.13. The summed E-state index contributed by atoms with van der Waals surface area (Å²) in [4.78, 5) is 50.0. The summed E-state index contributed by atoms with van der Waals surface area (Å²) in [5.74, 6) is -0.163. The van der Waals surface area contributed by atoms with Gasteiger partial charge < -0.3 is 19.8 Å². The summed E-state index contributed by atoms with van der Waals surface area (Å²) < 4.78 is 1.77. The number of carbonyl (C=O) groups excluding carboxylic acids is 1. The number of hydrogen-bond donors (Lipinski definition) is 2. The number of aliphatic carboxylic acids is 1. The van der Waals surface area contributed by atoms with Crippen LogP contribution in [0.1, 0.15) is 82.4 Å². The molecule has 2 aromatic rings. The van der Waals surface area contributed by atoms with Gasteiger partial charge in [0.1, 0.15) is 0 Å². The van der Waals surface area contributed by atoms with Gasteiger partial charge in [-0.2, -0.15) is 0 Å². The van der Waals surface area contributed by atoms with Crippen molar-refractivity contribution in [2.75, 3.05) is 13.7 Å². The van der Waals surface area contributed by atoms with Crippen LogP contribution in [0.2, 0.25) is 0 Å². The third-order valence-electron chi connectivity index (χ3n) is 9.75. The van der Waals surface area contributed by atoms with Crippen molar-refractivity contribution in [3.05, 3.63) is 40.3 Å². The van der Waals surface area contributed by atoms with Crippen molar-refractivity contribution in [3.63, 3.8) is 0 Å². The third-order valence-corrected chi connectivity index (χ3v) is 9.75. The number of nitrogens with zero attached hydrogens (tertiary/aromatic N) is 4. The molecule has 40 heavy (non-hydrogen) atoms. The number of benzene rings is 1. The Bertz CT molecular complexity index is 1350. The minimum absolute atomic E-state index is 0.0596. The van der Waals surface area contributed by atoms with Gasteiger partial charge in [0, 0.05) is 31.2 Å². The number of nitrogens with one attached hydrogen (secondary N) is 1. The van der Waals surface area contributed by atoms with Gasteiger partial charge >= 0.3 is 5.97 Å². The normalized spacial score (nSPS) is 30.6. The largest absolute Gasteiger partial charge is 0.476 e. The Morgan fingerprint density at radius 3 is 2.33 bits per heavy atom. The highest BCUT2D eigenvalue weighted by Gasteiger charge is 2.45. The van der Waals surface area contributed by atoms with Crippen LogP contribution < -0.4 is 10.9 Å². The topological polar surface area (TPSA) is 126 Å². The average molecular weight is 550 g/mol. The molecule has 10 nitrogen and oxygen atoms in total. The Morgan fingerprint density at radius 2 is 1.65 bits per heavy atom. The van der Waals surface area contributed by atoms with Crippen molar-refractivity contribution >= 4 is 28.6 Å². The molecule has 2 N–H and O–H groups in total. The lowest BCUT2D eigenvalue weighted by Crippen LogP contribution is -2.58. The van der Waals surface area contributed by atoms with E-state index < -0.39 is 29.8 Å². The van der Waals surface area contributed by atoms with Gasteiger partial charge in [0.15, 0.2) is 12.3 Å². The van der Waals surface area contributed by atoms with Crippen LogP contribution in [-0.2, 0) is 14.4 Å². The molecule has 3 heterocycles. The summed E-state index contributed by atoms with van der Waals surface area (Å²) in [6.07, 6.45) is 13.4. The van der Waals surface area contributed by atoms with E-state index in [0.717, 1.165) is 37.5 Å². The summed E-state index contributed by atoms with van der Waals surface area (Å²) in [7, 11) is 1.44. The smallest absolute Gasteiger partial charge is 0.360 e. The molecule has 4 fully saturated rings. The van der Waals surface area contributed by atoms with E-state index in [-0.39, 0.29) is 11.7 Å². The molecule has 0 radical (unpaired) electrons. The van der Waals surface area contributed by atoms with Crippen LogP contribution >= 0.6 is 0 Å². The van der Waals surface area contributed by atoms with E-state index in [4.69, 9.17) is 4.84 Å². The highest BCUT2D eigenvalue weighted by molar-refractivity contribution is 6.41. The Balaban J connectivity index is 1.34. The predicted octanol–water partition coefficient (Wildman–Crippen LogP) is 3.47. The Kier molecular flexibility index (Phi) is 7.61. The fourth-order valence-electron chi connectivity index (χ4n) is 8.22. The molecule has 1 amide bonds. The minimum atomic E-state index is -1.43. The zero-order chi connectivity index (χ0) is 27.8. The minimum Gasteiger partial charge on any atom is -0.476 e. The number of hydrogen-bond acceptors (Lipinski definition) is 7. The first-order valence-corrected chi connectivity index (χ1v) is 14.9. The van der Waals surface area contributed by atoms with Crippen molar-refractivity contribution in [2.24, 2.45) is 17.0 Å². The second-order valence-electron chi connectivity index (χ2n) is 12.2. The molecular weight excluding hydrogens is 510 g/mol. The number of amides is 1. The SMILES string of the molecule is CNC(=O)CO/N=C(\C(=O)O)c1nc2ccccc2n(C2CC3CCCC(C2)N3C2CC3CCCC(C3)C2)c1=O. The molecule has 0 spiro atoms. The molecule has 1 aromatic carbocycles. The zero-order valence-corrected chi connectivity index (χ0v) is 23.1. The van der Waals surface area contributed by atoms with Gasteiger partial charge in [-0.15, -0.1) is 0 Å². The van der Waals surface area contributed by atoms with Gasteiger partial charge in [0.25, 0.3) is 11.5 Å². The summed E-state index contributed by atoms with van der Waals surface area (Å²) in [6.45, 7) is -0.459. The summed E-state index contributed by atoms with van der Waals surface area (Å²) >= 11 is 0. The first-order valence-electron chi connectivity index (χ1n) is 14.9. The predicted molar refractivity (Wildman–Crippen MR) is 150 cm³/mol. The fraction of sp³-hybridized carbons (Fsp3) is 0.633. The van der Waals surface area contributed by atoms with Gasteiger partial charge in [0.2, 0.25) is 5.71 Å². The summed E-state index contributed by atoms with van der Waals surface area (Å²) in [5, 5.41) is 16.0. The van der Waals surface area contributed by atoms with Gasteiger partial charge in [-0.25, -0.2) is 9.78 Å². The van der Waals surface area contributed by atoms with E-state index in [2.05, 4.69) is 20.4 Å². The second kappa shape index (κ2) is 11.3. The van der Waals surface area contributed by atoms with E-state index >= 15 is 0 Å². The fourth-order valence-corrected chi connectivity index (χ4v) is 8.22. The lowest BCUT2D eigenvalue weighted by molar-refractivity contribution is -0.130. The molecule has 4 bridgehead atoms. The highest BCUT2D eigenvalue weighted by atomic mass is 16.6. The number of likely N-dealkylation sites (N-methyl/N-ethyl adjacent to an activating group) is 1. The quantitative estimate of drug-likeness (QED) is 0.400. The monoisotopic (exact) mass is 549 g/mol. The number of para-hydroxylation sites is 2. The Hall–Kier alpha value is -3.27. The lowest BCUT2D eigenvalue weighted by atomic mass is 9.68. The van der Waals surface area contributed by atoms with E-state index in [1.165, 1.54) is 52.0 Å². The molecule has 2 aliphatic heterocycles. The second-order valence-corrected chi connectivity index (χ2v) is 12.2. The van der Waals surface area contributed by atoms with Crippen LogP contribution in [0.5, 0.6) is 0 Å². The molecule has 2 saturated heterocycles. The number of oxime groups is 1. The molecule has 6 rings (SSSR count). The number of carboxylic acids is 1. The van der Waals surface area contributed by atoms with Crippen LogP contribution in [0.3, 0.4) is 0 Å². The number of fused-ring (bicyclic) bond motifs is 5. The summed E-state index contributed by atoms with van der Waals surface area (Å²) in [5.41, 5.74) is -0.108. The lowest BCUT2D eigenvalue weighted by Gasteiger charge is -2.55. The highest BCUT2D eigenvalue weighted by Crippen LogP contribution is 2.47. The van der Waals surface area contributed by atoms with Crippen molar-refractivity contribution in [1.82, 2.24) is 19.8 Å². The molecule has 214 valence electrons. The van der Waals surface area contributed by atoms with Crippen LogP contribution in [0.25, 0.3) is 11.0 Å². The number of piperidine rings is 2. The maximum Gasteiger partial charge on any atom is 0.360 e. The molecule has 4 aliphatic rings. The van der Waals surface area contributed by atoms with Gasteiger partial charge in [-0.3, -0.25) is 14.5 Å². The van der Waals surface area contributed by atoms with Gasteiger partial charge in [0.05, 0.1) is 11.0 Å². The maximum atomic E-state index is 14.0. The van der Waals surface area contributed by atoms with E-state index in [9.17, 15) is 19.5 Å². The van der Waals surface area contributed by atoms with Crippen molar-refractivity contribution < 1.29 is 19.5 Å². The first-order chi connectivity index (χ1) is 19.4. The standard InChI is InChI=1S/C30H39N5O5/c1-31-26(36)17-40-33-28(30(38)39)27-29(37)35(25-11-3-2-10-24(25)32-27)23-15-20-8-5-9-21(16-23)34(20)22-13-18-6-4-7-19(12-18)14-22/h2-3,10-11,18-23H,4-9,12-17H2,1H3,(H,31,36)(H,38,39)/b33-28-. The van der Waals surface area contributed by atoms with E-state index in [0.29, 0.717) is 29.2 Å². The Labute approximate surface area is 233 Å². The number of carboxylic acid groups (broad SMARTS) is 1. The van der Waals surface area contributed by atoms with Crippen LogP contribution in [0.4, 0.5) is 0 Å². The maximum absolute atomic E-state index is 14.0. The molecule has 2 aliphatic carbocycles. The van der Waals surface area contributed by atoms with Crippen LogP contribution in [0, 0.1) is 11.8 Å². The molecule has 2 saturated carbocycles. The average Bonchev–Trinajstić information content (AvgIpc) is 2.94. The molecule has 10 heteroatoms. The molecule has 4 unspecified atom stereocenters. The van der Waals surface area contributed by atoms with Crippen LogP contribution in [-0.4, -0.2) is 68.9 Å². The summed E-state index contributed by atoms with van der Waals surface area (Å²) in [6, 6.07) is 8.81.